The second-order valence-electron chi connectivity index (χ2n) is 10.3. The molecule has 0 aromatic heterocycles. The molecule has 0 spiro atoms. The molecule has 4 bridgehead atoms. The molecule has 4 aliphatic carbocycles. The van der Waals surface area contributed by atoms with Crippen LogP contribution in [0.25, 0.3) is 0 Å². The third-order valence-corrected chi connectivity index (χ3v) is 8.75. The molecule has 0 amide bonds. The first kappa shape index (κ1) is 21.7. The summed E-state index contributed by atoms with van der Waals surface area (Å²) in [6.07, 6.45) is 9.74. The molecule has 3 heteroatoms. The van der Waals surface area contributed by atoms with Gasteiger partial charge < -0.3 is 9.47 Å². The van der Waals surface area contributed by atoms with E-state index in [0.717, 1.165) is 36.8 Å². The monoisotopic (exact) mass is 412 g/mol. The van der Waals surface area contributed by atoms with Gasteiger partial charge in [-0.25, -0.2) is 4.79 Å². The zero-order chi connectivity index (χ0) is 21.3. The molecule has 0 saturated heterocycles. The summed E-state index contributed by atoms with van der Waals surface area (Å²) < 4.78 is 12.3. The number of carbonyl (C=O) groups excluding carboxylic acids is 1. The maximum atomic E-state index is 13.0. The maximum absolute atomic E-state index is 13.0. The lowest BCUT2D eigenvalue weighted by Crippen LogP contribution is -2.63. The zero-order valence-corrected chi connectivity index (χ0v) is 19.4. The van der Waals surface area contributed by atoms with Gasteiger partial charge in [0.05, 0.1) is 0 Å². The molecule has 1 unspecified atom stereocenters. The molecule has 0 aliphatic heterocycles. The van der Waals surface area contributed by atoms with Crippen molar-refractivity contribution < 1.29 is 14.3 Å². The first-order valence-corrected chi connectivity index (χ1v) is 12.4. The average molecular weight is 413 g/mol. The third-order valence-electron chi connectivity index (χ3n) is 8.75. The highest BCUT2D eigenvalue weighted by Gasteiger charge is 2.61. The molecule has 166 valence electrons. The first-order valence-electron chi connectivity index (χ1n) is 12.4. The van der Waals surface area contributed by atoms with Gasteiger partial charge in [-0.2, -0.15) is 0 Å². The van der Waals surface area contributed by atoms with E-state index in [-0.39, 0.29) is 18.2 Å². The molecule has 4 saturated carbocycles. The molecule has 0 N–H and O–H groups in total. The molecule has 4 aliphatic rings. The molecule has 0 heterocycles. The summed E-state index contributed by atoms with van der Waals surface area (Å²) in [7, 11) is 0. The van der Waals surface area contributed by atoms with Crippen molar-refractivity contribution in [2.24, 2.45) is 29.6 Å². The van der Waals surface area contributed by atoms with E-state index >= 15 is 0 Å². The molecule has 3 nitrogen and oxygen atoms in total. The third kappa shape index (κ3) is 3.89. The van der Waals surface area contributed by atoms with Crippen LogP contribution in [0.4, 0.5) is 0 Å². The lowest BCUT2D eigenvalue weighted by Gasteiger charge is -2.62. The Labute approximate surface area is 182 Å². The molecular weight excluding hydrogens is 372 g/mol. The van der Waals surface area contributed by atoms with Gasteiger partial charge in [-0.3, -0.25) is 0 Å². The minimum Gasteiger partial charge on any atom is -0.482 e. The van der Waals surface area contributed by atoms with E-state index in [0.29, 0.717) is 23.7 Å². The van der Waals surface area contributed by atoms with E-state index < -0.39 is 0 Å². The minimum absolute atomic E-state index is 0.0108. The van der Waals surface area contributed by atoms with Gasteiger partial charge in [0.15, 0.2) is 6.61 Å². The summed E-state index contributed by atoms with van der Waals surface area (Å²) in [5.41, 5.74) is 1.06. The van der Waals surface area contributed by atoms with Crippen LogP contribution in [0.3, 0.4) is 0 Å². The van der Waals surface area contributed by atoms with Crippen molar-refractivity contribution >= 4 is 5.97 Å². The van der Waals surface area contributed by atoms with Crippen molar-refractivity contribution in [1.29, 1.82) is 0 Å². The van der Waals surface area contributed by atoms with Crippen LogP contribution in [-0.4, -0.2) is 18.2 Å². The SMILES string of the molecule is CCC(C)c1ccc(OCC(=O)OC2(C(CC)CC)C3CC4CC(C3)CC2C4)cc1. The van der Waals surface area contributed by atoms with Crippen LogP contribution in [-0.2, 0) is 9.53 Å². The van der Waals surface area contributed by atoms with Crippen LogP contribution in [0.1, 0.15) is 90.5 Å². The molecule has 1 atom stereocenters. The Morgan fingerprint density at radius 3 is 2.00 bits per heavy atom. The minimum atomic E-state index is -0.252. The van der Waals surface area contributed by atoms with Gasteiger partial charge in [-0.05, 0) is 105 Å². The molecule has 0 radical (unpaired) electrons. The number of rotatable bonds is 9. The van der Waals surface area contributed by atoms with Crippen LogP contribution in [0.5, 0.6) is 5.75 Å². The largest absolute Gasteiger partial charge is 0.482 e. The maximum Gasteiger partial charge on any atom is 0.344 e. The van der Waals surface area contributed by atoms with Gasteiger partial charge in [-0.1, -0.05) is 39.8 Å². The standard InChI is InChI=1S/C27H40O3/c1-5-18(4)21-8-10-25(11-9-21)29-17-26(28)30-27(22(6-2)7-3)23-13-19-12-20(15-23)16-24(27)14-19/h8-11,18-20,22-24H,5-7,12-17H2,1-4H3. The van der Waals surface area contributed by atoms with Crippen molar-refractivity contribution in [2.75, 3.05) is 6.61 Å². The van der Waals surface area contributed by atoms with Crippen LogP contribution in [0.15, 0.2) is 24.3 Å². The summed E-state index contributed by atoms with van der Waals surface area (Å²) in [6.45, 7) is 8.98. The van der Waals surface area contributed by atoms with Crippen LogP contribution in [0.2, 0.25) is 0 Å². The Morgan fingerprint density at radius 1 is 0.933 bits per heavy atom. The number of hydrogen-bond acceptors (Lipinski definition) is 3. The predicted molar refractivity (Wildman–Crippen MR) is 121 cm³/mol. The van der Waals surface area contributed by atoms with E-state index in [1.54, 1.807) is 0 Å². The summed E-state index contributed by atoms with van der Waals surface area (Å²) in [5.74, 6) is 4.42. The van der Waals surface area contributed by atoms with E-state index in [9.17, 15) is 4.79 Å². The van der Waals surface area contributed by atoms with E-state index in [1.807, 2.05) is 12.1 Å². The second kappa shape index (κ2) is 8.93. The predicted octanol–water partition coefficient (Wildman–Crippen LogP) is 6.75. The number of hydrogen-bond donors (Lipinski definition) is 0. The van der Waals surface area contributed by atoms with Crippen molar-refractivity contribution in [3.63, 3.8) is 0 Å². The fourth-order valence-electron chi connectivity index (χ4n) is 7.26. The molecule has 5 rings (SSSR count). The highest BCUT2D eigenvalue weighted by Crippen LogP contribution is 2.62. The molecule has 4 fully saturated rings. The van der Waals surface area contributed by atoms with E-state index in [2.05, 4.69) is 39.8 Å². The molecule has 1 aromatic rings. The van der Waals surface area contributed by atoms with Gasteiger partial charge in [0.2, 0.25) is 0 Å². The van der Waals surface area contributed by atoms with E-state index in [4.69, 9.17) is 9.47 Å². The second-order valence-corrected chi connectivity index (χ2v) is 10.3. The number of carbonyl (C=O) groups is 1. The Morgan fingerprint density at radius 2 is 1.50 bits per heavy atom. The van der Waals surface area contributed by atoms with Crippen molar-refractivity contribution in [3.05, 3.63) is 29.8 Å². The first-order chi connectivity index (χ1) is 14.5. The average Bonchev–Trinajstić information content (AvgIpc) is 2.75. The van der Waals surface area contributed by atoms with Crippen molar-refractivity contribution in [2.45, 2.75) is 90.6 Å². The smallest absolute Gasteiger partial charge is 0.344 e. The highest BCUT2D eigenvalue weighted by atomic mass is 16.6. The topological polar surface area (TPSA) is 35.5 Å². The molecule has 30 heavy (non-hydrogen) atoms. The Hall–Kier alpha value is -1.51. The van der Waals surface area contributed by atoms with Gasteiger partial charge in [0.25, 0.3) is 0 Å². The summed E-state index contributed by atoms with van der Waals surface area (Å²) >= 11 is 0. The molecule has 1 aromatic carbocycles. The van der Waals surface area contributed by atoms with Crippen molar-refractivity contribution in [1.82, 2.24) is 0 Å². The molecular formula is C27H40O3. The van der Waals surface area contributed by atoms with Crippen molar-refractivity contribution in [3.8, 4) is 5.75 Å². The number of ether oxygens (including phenoxy) is 2. The summed E-state index contributed by atoms with van der Waals surface area (Å²) in [4.78, 5) is 13.0. The number of esters is 1. The van der Waals surface area contributed by atoms with Crippen LogP contribution < -0.4 is 4.74 Å². The Balaban J connectivity index is 1.44. The zero-order valence-electron chi connectivity index (χ0n) is 19.4. The van der Waals surface area contributed by atoms with Gasteiger partial charge in [0.1, 0.15) is 11.4 Å². The fraction of sp³-hybridized carbons (Fsp3) is 0.741. The van der Waals surface area contributed by atoms with E-state index in [1.165, 1.54) is 37.7 Å². The van der Waals surface area contributed by atoms with Gasteiger partial charge in [-0.15, -0.1) is 0 Å². The normalized spacial score (nSPS) is 33.0. The highest BCUT2D eigenvalue weighted by molar-refractivity contribution is 5.72. The quantitative estimate of drug-likeness (QED) is 0.421. The Bertz CT molecular complexity index is 690. The summed E-state index contributed by atoms with van der Waals surface area (Å²) in [5, 5.41) is 0. The van der Waals surface area contributed by atoms with Crippen LogP contribution in [0, 0.1) is 29.6 Å². The number of benzene rings is 1. The Kier molecular flexibility index (Phi) is 6.46. The summed E-state index contributed by atoms with van der Waals surface area (Å²) in [6, 6.07) is 8.18. The fourth-order valence-corrected chi connectivity index (χ4v) is 7.26. The lowest BCUT2D eigenvalue weighted by molar-refractivity contribution is -0.231. The lowest BCUT2D eigenvalue weighted by atomic mass is 9.46. The van der Waals surface area contributed by atoms with Gasteiger partial charge in [0, 0.05) is 0 Å². The van der Waals surface area contributed by atoms with Crippen LogP contribution >= 0.6 is 0 Å². The van der Waals surface area contributed by atoms with Gasteiger partial charge >= 0.3 is 5.97 Å².